The molecule has 0 unspecified atom stereocenters. The maximum atomic E-state index is 12.5. The van der Waals surface area contributed by atoms with E-state index in [0.717, 1.165) is 0 Å². The van der Waals surface area contributed by atoms with Gasteiger partial charge in [-0.2, -0.15) is 0 Å². The number of nitrogens with zero attached hydrogens (tertiary/aromatic N) is 2. The van der Waals surface area contributed by atoms with Gasteiger partial charge in [-0.1, -0.05) is 19.6 Å². The minimum absolute atomic E-state index is 0. The lowest BCUT2D eigenvalue weighted by Crippen LogP contribution is -2.21. The molecular weight excluding hydrogens is 442 g/mol. The quantitative estimate of drug-likeness (QED) is 0.236. The van der Waals surface area contributed by atoms with Crippen LogP contribution in [-0.2, 0) is 0 Å². The molecule has 0 saturated heterocycles. The molecule has 3 aromatic carbocycles. The Morgan fingerprint density at radius 1 is 1.00 bits per heavy atom. The Hall–Kier alpha value is -4.59. The highest BCUT2D eigenvalue weighted by molar-refractivity contribution is 6.14. The number of para-hydroxylation sites is 2. The summed E-state index contributed by atoms with van der Waals surface area (Å²) < 4.78 is 0. The largest absolute Gasteiger partial charge is 0.494 e. The number of amides is 2. The maximum Gasteiger partial charge on any atom is 0.255 e. The van der Waals surface area contributed by atoms with Crippen molar-refractivity contribution in [3.63, 3.8) is 0 Å². The number of aromatic hydroxyl groups is 1. The summed E-state index contributed by atoms with van der Waals surface area (Å²) in [6.45, 7) is 1.78. The van der Waals surface area contributed by atoms with Gasteiger partial charge >= 0.3 is 0 Å². The number of H-pyrrole nitrogens is 1. The van der Waals surface area contributed by atoms with Crippen molar-refractivity contribution in [1.82, 2.24) is 9.88 Å². The molecule has 4 rings (SSSR count). The van der Waals surface area contributed by atoms with Gasteiger partial charge in [-0.05, 0) is 61.5 Å². The van der Waals surface area contributed by atoms with Crippen LogP contribution in [0.25, 0.3) is 10.9 Å². The third-order valence-electron chi connectivity index (χ3n) is 5.43. The number of nitrogens with two attached hydrogens (primary N) is 1. The maximum absolute atomic E-state index is 12.5. The first-order valence-electron chi connectivity index (χ1n) is 10.6. The van der Waals surface area contributed by atoms with Crippen LogP contribution in [0.5, 0.6) is 5.88 Å². The smallest absolute Gasteiger partial charge is 0.255 e. The Balaban J connectivity index is 0.00000342. The summed E-state index contributed by atoms with van der Waals surface area (Å²) in [4.78, 5) is 33.9. The second-order valence-electron chi connectivity index (χ2n) is 8.09. The summed E-state index contributed by atoms with van der Waals surface area (Å²) in [5, 5.41) is 14.0. The number of aromatic nitrogens is 1. The van der Waals surface area contributed by atoms with E-state index in [9.17, 15) is 14.7 Å². The lowest BCUT2D eigenvalue weighted by molar-refractivity contribution is 0.0827. The lowest BCUT2D eigenvalue weighted by Gasteiger charge is -2.10. The number of hydrogen-bond donors (Lipinski definition) is 4. The standard InChI is InChI=1S/C26H25N5O3.CH4/c1-15(23-19-14-17(26(34)31(2)3)10-13-21(19)29-25(23)33)28-18-11-8-16(9-12-18)24(32)30-22-7-5-4-6-20(22)27;/h4-14,29,33H,27H2,1-3H3,(H,30,32);1H4. The molecule has 0 bridgehead atoms. The summed E-state index contributed by atoms with van der Waals surface area (Å²) >= 11 is 0. The van der Waals surface area contributed by atoms with E-state index < -0.39 is 0 Å². The SMILES string of the molecule is C.CC(=Nc1ccc(C(=O)Nc2ccccc2N)cc1)c1c(O)[nH]c2ccc(C(=O)N(C)C)cc12. The second kappa shape index (κ2) is 10.1. The van der Waals surface area contributed by atoms with Crippen LogP contribution in [0.3, 0.4) is 0 Å². The molecule has 0 aliphatic carbocycles. The molecule has 0 spiro atoms. The molecule has 2 amide bonds. The number of carbonyl (C=O) groups is 2. The predicted octanol–water partition coefficient (Wildman–Crippen LogP) is 5.19. The van der Waals surface area contributed by atoms with Crippen LogP contribution in [-0.4, -0.2) is 46.6 Å². The summed E-state index contributed by atoms with van der Waals surface area (Å²) in [7, 11) is 3.38. The van der Waals surface area contributed by atoms with Crippen molar-refractivity contribution in [1.29, 1.82) is 0 Å². The topological polar surface area (TPSA) is 124 Å². The van der Waals surface area contributed by atoms with Crippen molar-refractivity contribution in [3.05, 3.63) is 83.4 Å². The molecule has 0 atom stereocenters. The Bertz CT molecular complexity index is 1420. The predicted molar refractivity (Wildman–Crippen MR) is 142 cm³/mol. The van der Waals surface area contributed by atoms with Gasteiger partial charge in [0.25, 0.3) is 11.8 Å². The van der Waals surface area contributed by atoms with Gasteiger partial charge < -0.3 is 26.0 Å². The molecule has 35 heavy (non-hydrogen) atoms. The number of nitrogen functional groups attached to an aromatic ring is 1. The summed E-state index contributed by atoms with van der Waals surface area (Å²) in [5.41, 5.74) is 10.3. The molecule has 0 aliphatic rings. The summed E-state index contributed by atoms with van der Waals surface area (Å²) in [6, 6.07) is 19.0. The van der Waals surface area contributed by atoms with Gasteiger partial charge in [-0.25, -0.2) is 0 Å². The zero-order chi connectivity index (χ0) is 24.4. The lowest BCUT2D eigenvalue weighted by atomic mass is 10.1. The molecule has 1 aromatic heterocycles. The van der Waals surface area contributed by atoms with Crippen molar-refractivity contribution < 1.29 is 14.7 Å². The number of anilines is 2. The van der Waals surface area contributed by atoms with Crippen LogP contribution < -0.4 is 11.1 Å². The molecule has 0 radical (unpaired) electrons. The van der Waals surface area contributed by atoms with Gasteiger partial charge in [0, 0.05) is 36.1 Å². The highest BCUT2D eigenvalue weighted by atomic mass is 16.3. The van der Waals surface area contributed by atoms with E-state index in [4.69, 9.17) is 5.73 Å². The number of rotatable bonds is 5. The number of aromatic amines is 1. The van der Waals surface area contributed by atoms with Crippen LogP contribution in [0.1, 0.15) is 40.6 Å². The summed E-state index contributed by atoms with van der Waals surface area (Å²) in [6.07, 6.45) is 0. The van der Waals surface area contributed by atoms with Crippen molar-refractivity contribution in [2.24, 2.45) is 4.99 Å². The minimum atomic E-state index is -0.280. The number of hydrogen-bond acceptors (Lipinski definition) is 5. The average molecular weight is 472 g/mol. The van der Waals surface area contributed by atoms with Crippen LogP contribution in [0, 0.1) is 0 Å². The van der Waals surface area contributed by atoms with E-state index in [1.807, 2.05) is 0 Å². The molecule has 0 aliphatic heterocycles. The number of fused-ring (bicyclic) bond motifs is 1. The molecule has 1 heterocycles. The Morgan fingerprint density at radius 3 is 2.31 bits per heavy atom. The summed E-state index contributed by atoms with van der Waals surface area (Å²) in [5.74, 6) is -0.436. The van der Waals surface area contributed by atoms with Crippen molar-refractivity contribution in [2.45, 2.75) is 14.4 Å². The molecule has 8 nitrogen and oxygen atoms in total. The molecular formula is C27H29N5O3. The van der Waals surface area contributed by atoms with E-state index in [1.54, 1.807) is 87.7 Å². The van der Waals surface area contributed by atoms with E-state index in [1.165, 1.54) is 4.90 Å². The highest BCUT2D eigenvalue weighted by Crippen LogP contribution is 2.30. The van der Waals surface area contributed by atoms with Crippen molar-refractivity contribution in [3.8, 4) is 5.88 Å². The van der Waals surface area contributed by atoms with Crippen LogP contribution in [0.2, 0.25) is 0 Å². The second-order valence-corrected chi connectivity index (χ2v) is 8.09. The zero-order valence-corrected chi connectivity index (χ0v) is 19.1. The average Bonchev–Trinajstić information content (AvgIpc) is 3.15. The first-order chi connectivity index (χ1) is 16.2. The van der Waals surface area contributed by atoms with Crippen LogP contribution in [0.15, 0.2) is 71.7 Å². The van der Waals surface area contributed by atoms with Crippen LogP contribution in [0.4, 0.5) is 17.1 Å². The van der Waals surface area contributed by atoms with Gasteiger partial charge in [-0.15, -0.1) is 0 Å². The fraction of sp³-hybridized carbons (Fsp3) is 0.148. The van der Waals surface area contributed by atoms with Gasteiger partial charge in [0.15, 0.2) is 5.88 Å². The third-order valence-corrected chi connectivity index (χ3v) is 5.43. The van der Waals surface area contributed by atoms with E-state index in [0.29, 0.717) is 50.4 Å². The molecule has 4 aromatic rings. The molecule has 180 valence electrons. The van der Waals surface area contributed by atoms with E-state index >= 15 is 0 Å². The van der Waals surface area contributed by atoms with Crippen LogP contribution >= 0.6 is 0 Å². The fourth-order valence-electron chi connectivity index (χ4n) is 3.68. The molecule has 0 fully saturated rings. The monoisotopic (exact) mass is 471 g/mol. The third kappa shape index (κ3) is 5.16. The van der Waals surface area contributed by atoms with Gasteiger partial charge in [-0.3, -0.25) is 14.6 Å². The Kier molecular flexibility index (Phi) is 7.25. The Morgan fingerprint density at radius 2 is 1.66 bits per heavy atom. The number of aliphatic imine (C=N–C) groups is 1. The number of nitrogens with one attached hydrogen (secondary N) is 2. The van der Waals surface area contributed by atoms with Gasteiger partial charge in [0.2, 0.25) is 0 Å². The molecule has 0 saturated carbocycles. The highest BCUT2D eigenvalue weighted by Gasteiger charge is 2.17. The molecule has 5 N–H and O–H groups in total. The first-order valence-corrected chi connectivity index (χ1v) is 10.6. The molecule has 8 heteroatoms. The van der Waals surface area contributed by atoms with Crippen molar-refractivity contribution >= 4 is 45.5 Å². The minimum Gasteiger partial charge on any atom is -0.494 e. The fourth-order valence-corrected chi connectivity index (χ4v) is 3.68. The van der Waals surface area contributed by atoms with E-state index in [2.05, 4.69) is 15.3 Å². The van der Waals surface area contributed by atoms with Crippen molar-refractivity contribution in [2.75, 3.05) is 25.1 Å². The number of benzene rings is 3. The van der Waals surface area contributed by atoms with Gasteiger partial charge in [0.1, 0.15) is 0 Å². The van der Waals surface area contributed by atoms with E-state index in [-0.39, 0.29) is 25.1 Å². The normalized spacial score (nSPS) is 11.1. The number of carbonyl (C=O) groups excluding carboxylic acids is 2. The zero-order valence-electron chi connectivity index (χ0n) is 19.1. The van der Waals surface area contributed by atoms with Gasteiger partial charge in [0.05, 0.1) is 28.3 Å². The Labute approximate surface area is 204 Å². The first kappa shape index (κ1) is 25.0.